The minimum absolute atomic E-state index is 0.000945. The molecule has 0 radical (unpaired) electrons. The lowest BCUT2D eigenvalue weighted by Gasteiger charge is -2.13. The zero-order valence-electron chi connectivity index (χ0n) is 11.5. The number of nitrogens with one attached hydrogen (secondary N) is 2. The number of methoxy groups -OCH3 is 1. The van der Waals surface area contributed by atoms with Gasteiger partial charge in [0.25, 0.3) is 0 Å². The van der Waals surface area contributed by atoms with Crippen LogP contribution in [0.3, 0.4) is 0 Å². The Hall–Kier alpha value is -1.66. The highest BCUT2D eigenvalue weighted by Gasteiger charge is 2.29. The number of aromatic nitrogens is 1. The summed E-state index contributed by atoms with van der Waals surface area (Å²) in [5.74, 6) is 1.16. The van der Waals surface area contributed by atoms with Crippen LogP contribution in [0.5, 0.6) is 5.75 Å². The van der Waals surface area contributed by atoms with E-state index in [0.29, 0.717) is 11.0 Å². The van der Waals surface area contributed by atoms with Crippen LogP contribution in [-0.2, 0) is 4.79 Å². The topological polar surface area (TPSA) is 63.2 Å². The predicted molar refractivity (Wildman–Crippen MR) is 80.4 cm³/mol. The molecule has 5 nitrogen and oxygen atoms in total. The van der Waals surface area contributed by atoms with Gasteiger partial charge in [-0.3, -0.25) is 4.79 Å². The van der Waals surface area contributed by atoms with Gasteiger partial charge in [0, 0.05) is 0 Å². The highest BCUT2D eigenvalue weighted by molar-refractivity contribution is 7.22. The monoisotopic (exact) mass is 291 g/mol. The van der Waals surface area contributed by atoms with E-state index >= 15 is 0 Å². The zero-order valence-corrected chi connectivity index (χ0v) is 12.3. The molecule has 1 aliphatic heterocycles. The smallest absolute Gasteiger partial charge is 0.243 e. The van der Waals surface area contributed by atoms with Crippen LogP contribution in [0.15, 0.2) is 18.2 Å². The fraction of sp³-hybridized carbons (Fsp3) is 0.429. The number of carbonyl (C=O) groups is 1. The van der Waals surface area contributed by atoms with E-state index in [-0.39, 0.29) is 11.9 Å². The van der Waals surface area contributed by atoms with Crippen molar-refractivity contribution >= 4 is 32.6 Å². The number of amides is 1. The van der Waals surface area contributed by atoms with Crippen molar-refractivity contribution in [3.8, 4) is 5.75 Å². The lowest BCUT2D eigenvalue weighted by Crippen LogP contribution is -2.39. The molecule has 1 amide bonds. The average Bonchev–Trinajstić information content (AvgIpc) is 3.03. The van der Waals surface area contributed by atoms with Crippen molar-refractivity contribution in [3.05, 3.63) is 18.2 Å². The number of thiazole rings is 1. The molecule has 0 aliphatic carbocycles. The van der Waals surface area contributed by atoms with E-state index < -0.39 is 0 Å². The molecule has 0 saturated carbocycles. The van der Waals surface area contributed by atoms with Crippen LogP contribution in [-0.4, -0.2) is 30.6 Å². The van der Waals surface area contributed by atoms with Crippen LogP contribution in [0, 0.1) is 5.92 Å². The predicted octanol–water partition coefficient (Wildman–Crippen LogP) is 2.24. The van der Waals surface area contributed by atoms with E-state index in [1.807, 2.05) is 18.2 Å². The third kappa shape index (κ3) is 2.48. The van der Waals surface area contributed by atoms with Crippen LogP contribution in [0.25, 0.3) is 10.2 Å². The number of benzene rings is 1. The molecule has 1 saturated heterocycles. The lowest BCUT2D eigenvalue weighted by molar-refractivity contribution is -0.118. The summed E-state index contributed by atoms with van der Waals surface area (Å²) in [6.45, 7) is 2.99. The Morgan fingerprint density at radius 1 is 1.55 bits per heavy atom. The highest BCUT2D eigenvalue weighted by atomic mass is 32.1. The third-order valence-corrected chi connectivity index (χ3v) is 4.57. The molecule has 0 spiro atoms. The molecule has 2 N–H and O–H groups in total. The van der Waals surface area contributed by atoms with Gasteiger partial charge in [0.1, 0.15) is 5.75 Å². The van der Waals surface area contributed by atoms with Crippen LogP contribution < -0.4 is 15.4 Å². The highest BCUT2D eigenvalue weighted by Crippen LogP contribution is 2.29. The maximum Gasteiger partial charge on any atom is 0.243 e. The molecule has 1 aromatic heterocycles. The first-order valence-electron chi connectivity index (χ1n) is 6.66. The molecule has 1 aromatic carbocycles. The van der Waals surface area contributed by atoms with E-state index in [4.69, 9.17) is 4.74 Å². The number of rotatable bonds is 3. The van der Waals surface area contributed by atoms with Crippen molar-refractivity contribution in [2.75, 3.05) is 19.0 Å². The molecule has 1 aliphatic rings. The molecule has 6 heteroatoms. The molecule has 2 unspecified atom stereocenters. The summed E-state index contributed by atoms with van der Waals surface area (Å²) in [5, 5.41) is 6.77. The number of hydrogen-bond acceptors (Lipinski definition) is 5. The van der Waals surface area contributed by atoms with Crippen LogP contribution >= 0.6 is 11.3 Å². The van der Waals surface area contributed by atoms with Gasteiger partial charge in [-0.15, -0.1) is 0 Å². The second kappa shape index (κ2) is 5.38. The number of anilines is 1. The van der Waals surface area contributed by atoms with Gasteiger partial charge in [-0.25, -0.2) is 4.98 Å². The molecule has 2 atom stereocenters. The van der Waals surface area contributed by atoms with Crippen molar-refractivity contribution in [1.82, 2.24) is 10.3 Å². The first-order valence-corrected chi connectivity index (χ1v) is 7.48. The fourth-order valence-corrected chi connectivity index (χ4v) is 3.35. The van der Waals surface area contributed by atoms with Crippen molar-refractivity contribution in [1.29, 1.82) is 0 Å². The van der Waals surface area contributed by atoms with Crippen LogP contribution in [0.2, 0.25) is 0 Å². The fourth-order valence-electron chi connectivity index (χ4n) is 2.45. The van der Waals surface area contributed by atoms with E-state index in [1.165, 1.54) is 11.3 Å². The van der Waals surface area contributed by atoms with E-state index in [9.17, 15) is 4.79 Å². The van der Waals surface area contributed by atoms with Crippen molar-refractivity contribution in [2.45, 2.75) is 19.4 Å². The normalized spacial score (nSPS) is 22.1. The number of carbonyl (C=O) groups excluding carboxylic acids is 1. The van der Waals surface area contributed by atoms with E-state index in [1.54, 1.807) is 7.11 Å². The molecule has 3 rings (SSSR count). The second-order valence-corrected chi connectivity index (χ2v) is 6.07. The first kappa shape index (κ1) is 13.3. The molecule has 106 valence electrons. The molecular formula is C14H17N3O2S. The SMILES string of the molecule is COc1ccc2nc(NC(=O)C3NCCC3C)sc2c1. The molecular weight excluding hydrogens is 274 g/mol. The molecule has 2 aromatic rings. The minimum Gasteiger partial charge on any atom is -0.497 e. The Kier molecular flexibility index (Phi) is 3.58. The summed E-state index contributed by atoms with van der Waals surface area (Å²) in [4.78, 5) is 16.6. The zero-order chi connectivity index (χ0) is 14.1. The Morgan fingerprint density at radius 2 is 2.40 bits per heavy atom. The average molecular weight is 291 g/mol. The third-order valence-electron chi connectivity index (χ3n) is 3.64. The first-order chi connectivity index (χ1) is 9.67. The van der Waals surface area contributed by atoms with Gasteiger partial charge >= 0.3 is 0 Å². The minimum atomic E-state index is -0.114. The molecule has 1 fully saturated rings. The van der Waals surface area contributed by atoms with Crippen LogP contribution in [0.1, 0.15) is 13.3 Å². The Labute approximate surface area is 121 Å². The van der Waals surface area contributed by atoms with Gasteiger partial charge in [0.05, 0.1) is 23.4 Å². The Balaban J connectivity index is 1.78. The van der Waals surface area contributed by atoms with Gasteiger partial charge in [0.15, 0.2) is 5.13 Å². The molecule has 2 heterocycles. The van der Waals surface area contributed by atoms with E-state index in [2.05, 4.69) is 22.5 Å². The quantitative estimate of drug-likeness (QED) is 0.910. The van der Waals surface area contributed by atoms with Gasteiger partial charge in [-0.2, -0.15) is 0 Å². The summed E-state index contributed by atoms with van der Waals surface area (Å²) in [6.07, 6.45) is 1.04. The number of ether oxygens (including phenoxy) is 1. The second-order valence-electron chi connectivity index (χ2n) is 5.04. The number of hydrogen-bond donors (Lipinski definition) is 2. The van der Waals surface area contributed by atoms with Gasteiger partial charge in [-0.05, 0) is 37.1 Å². The summed E-state index contributed by atoms with van der Waals surface area (Å²) in [6, 6.07) is 5.58. The van der Waals surface area contributed by atoms with Gasteiger partial charge in [0.2, 0.25) is 5.91 Å². The van der Waals surface area contributed by atoms with E-state index in [0.717, 1.165) is 28.9 Å². The summed E-state index contributed by atoms with van der Waals surface area (Å²) in [7, 11) is 1.64. The maximum absolute atomic E-state index is 12.2. The van der Waals surface area contributed by atoms with Crippen molar-refractivity contribution in [3.63, 3.8) is 0 Å². The summed E-state index contributed by atoms with van der Waals surface area (Å²) >= 11 is 1.46. The lowest BCUT2D eigenvalue weighted by atomic mass is 10.0. The maximum atomic E-state index is 12.2. The number of nitrogens with zero attached hydrogens (tertiary/aromatic N) is 1. The summed E-state index contributed by atoms with van der Waals surface area (Å²) < 4.78 is 6.20. The Morgan fingerprint density at radius 3 is 3.10 bits per heavy atom. The van der Waals surface area contributed by atoms with Crippen LogP contribution in [0.4, 0.5) is 5.13 Å². The van der Waals surface area contributed by atoms with Crippen molar-refractivity contribution < 1.29 is 9.53 Å². The standard InChI is InChI=1S/C14H17N3O2S/c1-8-5-6-15-12(8)13(18)17-14-16-10-4-3-9(19-2)7-11(10)20-14/h3-4,7-8,12,15H,5-6H2,1-2H3,(H,16,17,18). The summed E-state index contributed by atoms with van der Waals surface area (Å²) in [5.41, 5.74) is 0.874. The van der Waals surface area contributed by atoms with Gasteiger partial charge in [-0.1, -0.05) is 18.3 Å². The number of fused-ring (bicyclic) bond motifs is 1. The molecule has 0 bridgehead atoms. The Bertz CT molecular complexity index is 640. The van der Waals surface area contributed by atoms with Crippen molar-refractivity contribution in [2.24, 2.45) is 5.92 Å². The molecule has 20 heavy (non-hydrogen) atoms. The van der Waals surface area contributed by atoms with Gasteiger partial charge < -0.3 is 15.4 Å². The largest absolute Gasteiger partial charge is 0.497 e.